The molecule has 1 saturated heterocycles. The normalized spacial score (nSPS) is 15.6. The number of hydrogen-bond donors (Lipinski definition) is 2. The van der Waals surface area contributed by atoms with Crippen LogP contribution in [0, 0.1) is 0 Å². The van der Waals surface area contributed by atoms with Gasteiger partial charge >= 0.3 is 0 Å². The molecule has 0 saturated carbocycles. The molecule has 2 nitrogen and oxygen atoms in total. The summed E-state index contributed by atoms with van der Waals surface area (Å²) in [4.78, 5) is 3.44. The zero-order valence-corrected chi connectivity index (χ0v) is 15.7. The van der Waals surface area contributed by atoms with E-state index in [4.69, 9.17) is 0 Å². The lowest BCUT2D eigenvalue weighted by Crippen LogP contribution is -3.19. The number of rotatable bonds is 9. The lowest BCUT2D eigenvalue weighted by atomic mass is 10.2. The van der Waals surface area contributed by atoms with E-state index >= 15 is 0 Å². The summed E-state index contributed by atoms with van der Waals surface area (Å²) in [6.07, 6.45) is 12.0. The molecule has 0 bridgehead atoms. The number of likely N-dealkylation sites (tertiary alicyclic amines) is 1. The molecular weight excluding hydrogens is 316 g/mol. The van der Waals surface area contributed by atoms with E-state index in [9.17, 15) is 0 Å². The van der Waals surface area contributed by atoms with E-state index in [1.165, 1.54) is 50.1 Å². The summed E-state index contributed by atoms with van der Waals surface area (Å²) in [7, 11) is 0. The lowest BCUT2D eigenvalue weighted by molar-refractivity contribution is -0.946. The minimum atomic E-state index is 1.08. The predicted molar refractivity (Wildman–Crippen MR) is 111 cm³/mol. The van der Waals surface area contributed by atoms with Gasteiger partial charge in [-0.1, -0.05) is 72.8 Å². The second-order valence-electron chi connectivity index (χ2n) is 7.24. The first-order chi connectivity index (χ1) is 12.9. The number of hydrogen-bond acceptors (Lipinski definition) is 0. The first-order valence-electron chi connectivity index (χ1n) is 10.0. The summed E-state index contributed by atoms with van der Waals surface area (Å²) in [6.45, 7) is 7.45. The maximum Gasteiger partial charge on any atom is 0.127 e. The Hall–Kier alpha value is -2.16. The van der Waals surface area contributed by atoms with Crippen LogP contribution in [0.1, 0.15) is 24.0 Å². The van der Waals surface area contributed by atoms with Gasteiger partial charge in [-0.3, -0.25) is 0 Å². The zero-order chi connectivity index (χ0) is 17.9. The van der Waals surface area contributed by atoms with Crippen LogP contribution in [0.2, 0.25) is 0 Å². The van der Waals surface area contributed by atoms with Crippen LogP contribution < -0.4 is 9.80 Å². The molecule has 0 radical (unpaired) electrons. The number of benzene rings is 2. The highest BCUT2D eigenvalue weighted by Gasteiger charge is 2.17. The van der Waals surface area contributed by atoms with Crippen molar-refractivity contribution in [2.45, 2.75) is 12.8 Å². The Morgan fingerprint density at radius 2 is 1.23 bits per heavy atom. The molecule has 0 amide bonds. The fraction of sp³-hybridized carbons (Fsp3) is 0.333. The topological polar surface area (TPSA) is 8.88 Å². The van der Waals surface area contributed by atoms with Gasteiger partial charge in [-0.25, -0.2) is 0 Å². The molecule has 1 fully saturated rings. The average Bonchev–Trinajstić information content (AvgIpc) is 3.21. The van der Waals surface area contributed by atoms with Crippen molar-refractivity contribution in [3.8, 4) is 0 Å². The Kier molecular flexibility index (Phi) is 7.70. The summed E-state index contributed by atoms with van der Waals surface area (Å²) in [5.74, 6) is 0. The highest BCUT2D eigenvalue weighted by molar-refractivity contribution is 5.49. The third-order valence-corrected chi connectivity index (χ3v) is 5.18. The molecule has 0 unspecified atom stereocenters. The smallest absolute Gasteiger partial charge is 0.127 e. The van der Waals surface area contributed by atoms with Crippen molar-refractivity contribution < 1.29 is 9.80 Å². The Morgan fingerprint density at radius 3 is 1.73 bits per heavy atom. The van der Waals surface area contributed by atoms with E-state index in [1.807, 2.05) is 0 Å². The second-order valence-corrected chi connectivity index (χ2v) is 7.24. The summed E-state index contributed by atoms with van der Waals surface area (Å²) >= 11 is 0. The Morgan fingerprint density at radius 1 is 0.731 bits per heavy atom. The van der Waals surface area contributed by atoms with Crippen LogP contribution >= 0.6 is 0 Å². The molecule has 2 N–H and O–H groups in total. The first kappa shape index (κ1) is 18.6. The molecule has 136 valence electrons. The summed E-state index contributed by atoms with van der Waals surface area (Å²) in [5, 5.41) is 0. The highest BCUT2D eigenvalue weighted by Crippen LogP contribution is 2.00. The third-order valence-electron chi connectivity index (χ3n) is 5.18. The van der Waals surface area contributed by atoms with Crippen LogP contribution in [0.25, 0.3) is 12.2 Å². The summed E-state index contributed by atoms with van der Waals surface area (Å²) in [6, 6.07) is 21.2. The van der Waals surface area contributed by atoms with Crippen molar-refractivity contribution in [3.63, 3.8) is 0 Å². The fourth-order valence-corrected chi connectivity index (χ4v) is 3.62. The standard InChI is InChI=1S/C24H30N2/c1-3-11-23(12-4-1)15-9-19-26(22-21-25-17-7-8-18-25)20-10-16-24-13-5-2-6-14-24/h1-6,9-16H,7-8,17-22H2/p+2/b15-9+,16-10+. The van der Waals surface area contributed by atoms with Gasteiger partial charge < -0.3 is 9.80 Å². The lowest BCUT2D eigenvalue weighted by Gasteiger charge is -2.19. The van der Waals surface area contributed by atoms with E-state index < -0.39 is 0 Å². The van der Waals surface area contributed by atoms with Crippen molar-refractivity contribution in [3.05, 3.63) is 83.9 Å². The second kappa shape index (κ2) is 10.7. The molecule has 3 rings (SSSR count). The molecule has 1 aliphatic heterocycles. The van der Waals surface area contributed by atoms with Gasteiger partial charge in [-0.05, 0) is 23.3 Å². The molecule has 2 heteroatoms. The van der Waals surface area contributed by atoms with Gasteiger partial charge in [0.2, 0.25) is 0 Å². The first-order valence-corrected chi connectivity index (χ1v) is 10.0. The molecule has 2 aromatic carbocycles. The number of quaternary nitrogens is 2. The van der Waals surface area contributed by atoms with E-state index in [0.29, 0.717) is 0 Å². The molecular formula is C24H32N2+2. The monoisotopic (exact) mass is 348 g/mol. The Labute approximate surface area is 158 Å². The van der Waals surface area contributed by atoms with Crippen molar-refractivity contribution in [1.29, 1.82) is 0 Å². The molecule has 1 aliphatic rings. The van der Waals surface area contributed by atoms with E-state index in [2.05, 4.69) is 85.0 Å². The minimum absolute atomic E-state index is 1.08. The summed E-state index contributed by atoms with van der Waals surface area (Å²) < 4.78 is 0. The van der Waals surface area contributed by atoms with Crippen molar-refractivity contribution in [1.82, 2.24) is 0 Å². The molecule has 26 heavy (non-hydrogen) atoms. The van der Waals surface area contributed by atoms with E-state index in [0.717, 1.165) is 13.1 Å². The maximum atomic E-state index is 2.33. The van der Waals surface area contributed by atoms with Gasteiger partial charge in [0.1, 0.15) is 13.1 Å². The van der Waals surface area contributed by atoms with E-state index in [1.54, 1.807) is 9.80 Å². The molecule has 0 aromatic heterocycles. The third kappa shape index (κ3) is 6.62. The fourth-order valence-electron chi connectivity index (χ4n) is 3.62. The van der Waals surface area contributed by atoms with Gasteiger partial charge in [-0.15, -0.1) is 0 Å². The van der Waals surface area contributed by atoms with E-state index in [-0.39, 0.29) is 0 Å². The van der Waals surface area contributed by atoms with Crippen LogP contribution in [0.15, 0.2) is 72.8 Å². The predicted octanol–water partition coefficient (Wildman–Crippen LogP) is 1.98. The number of nitrogens with one attached hydrogen (secondary N) is 2. The SMILES string of the molecule is C(=C\c1ccccc1)/C[NH+](C/C=C/c1ccccc1)CC[NH+]1CCCC1. The zero-order valence-electron chi connectivity index (χ0n) is 15.7. The highest BCUT2D eigenvalue weighted by atomic mass is 15.2. The molecule has 0 aliphatic carbocycles. The van der Waals surface area contributed by atoms with Gasteiger partial charge in [-0.2, -0.15) is 0 Å². The molecule has 0 spiro atoms. The quantitative estimate of drug-likeness (QED) is 0.686. The molecule has 0 atom stereocenters. The summed E-state index contributed by atoms with van der Waals surface area (Å²) in [5.41, 5.74) is 2.58. The van der Waals surface area contributed by atoms with Crippen molar-refractivity contribution in [2.75, 3.05) is 39.3 Å². The molecule has 1 heterocycles. The largest absolute Gasteiger partial charge is 0.330 e. The van der Waals surface area contributed by atoms with Crippen LogP contribution in [0.4, 0.5) is 0 Å². The van der Waals surface area contributed by atoms with Crippen LogP contribution in [-0.2, 0) is 0 Å². The Bertz CT molecular complexity index is 618. The minimum Gasteiger partial charge on any atom is -0.330 e. The van der Waals surface area contributed by atoms with Gasteiger partial charge in [0.15, 0.2) is 0 Å². The van der Waals surface area contributed by atoms with Crippen LogP contribution in [-0.4, -0.2) is 39.3 Å². The average molecular weight is 349 g/mol. The van der Waals surface area contributed by atoms with Crippen LogP contribution in [0.3, 0.4) is 0 Å². The van der Waals surface area contributed by atoms with Crippen LogP contribution in [0.5, 0.6) is 0 Å². The molecule has 2 aromatic rings. The van der Waals surface area contributed by atoms with Crippen molar-refractivity contribution in [2.24, 2.45) is 0 Å². The Balaban J connectivity index is 1.53. The van der Waals surface area contributed by atoms with Crippen molar-refractivity contribution >= 4 is 12.2 Å². The maximum absolute atomic E-state index is 2.33. The van der Waals surface area contributed by atoms with Gasteiger partial charge in [0.05, 0.1) is 26.2 Å². The van der Waals surface area contributed by atoms with Gasteiger partial charge in [0.25, 0.3) is 0 Å². The van der Waals surface area contributed by atoms with Gasteiger partial charge in [0, 0.05) is 12.8 Å².